The minimum atomic E-state index is -3.15. The first-order valence-corrected chi connectivity index (χ1v) is 7.41. The number of hydrogen-bond donors (Lipinski definition) is 2. The number of halogens is 1. The highest BCUT2D eigenvalue weighted by molar-refractivity contribution is 9.10. The largest absolute Gasteiger partial charge is 0.379 e. The van der Waals surface area contributed by atoms with E-state index >= 15 is 0 Å². The summed E-state index contributed by atoms with van der Waals surface area (Å²) in [6.07, 6.45) is 0. The molecule has 1 aromatic rings. The maximum Gasteiger partial charge on any atom is 0.182 e. The first-order chi connectivity index (χ1) is 7.53. The molecule has 1 aliphatic heterocycles. The summed E-state index contributed by atoms with van der Waals surface area (Å²) in [5, 5.41) is 6.20. The van der Waals surface area contributed by atoms with Crippen molar-refractivity contribution in [2.24, 2.45) is 0 Å². The molecule has 1 unspecified atom stereocenters. The van der Waals surface area contributed by atoms with Crippen LogP contribution in [-0.4, -0.2) is 33.8 Å². The van der Waals surface area contributed by atoms with Crippen LogP contribution in [0.25, 0.3) is 0 Å². The van der Waals surface area contributed by atoms with E-state index in [-0.39, 0.29) is 11.8 Å². The molecule has 0 aliphatic carbocycles. The zero-order valence-electron chi connectivity index (χ0n) is 8.83. The van der Waals surface area contributed by atoms with Gasteiger partial charge in [-0.25, -0.2) is 8.42 Å². The summed E-state index contributed by atoms with van der Waals surface area (Å²) >= 11 is 3.34. The van der Waals surface area contributed by atoms with Gasteiger partial charge in [0, 0.05) is 11.0 Å². The highest BCUT2D eigenvalue weighted by Crippen LogP contribution is 2.30. The maximum absolute atomic E-state index is 12.0. The molecule has 0 aromatic heterocycles. The Morgan fingerprint density at radius 1 is 1.56 bits per heavy atom. The van der Waals surface area contributed by atoms with Crippen LogP contribution in [0.5, 0.6) is 0 Å². The maximum atomic E-state index is 12.0. The number of rotatable bonds is 2. The van der Waals surface area contributed by atoms with Gasteiger partial charge in [-0.2, -0.15) is 0 Å². The number of fused-ring (bicyclic) bond motifs is 1. The van der Waals surface area contributed by atoms with Crippen molar-refractivity contribution in [1.29, 1.82) is 0 Å². The lowest BCUT2D eigenvalue weighted by atomic mass is 10.2. The molecular weight excluding hydrogens is 292 g/mol. The Kier molecular flexibility index (Phi) is 3.23. The fourth-order valence-corrected chi connectivity index (χ4v) is 3.86. The summed E-state index contributed by atoms with van der Waals surface area (Å²) in [5.41, 5.74) is 0.681. The fraction of sp³-hybridized carbons (Fsp3) is 0.400. The SMILES string of the molecule is CNCC1CS(=O)(=O)c2ccc(Br)cc2N1. The minimum absolute atomic E-state index is 0.0724. The molecule has 1 aromatic carbocycles. The molecule has 1 aliphatic rings. The number of benzene rings is 1. The van der Waals surface area contributed by atoms with Crippen LogP contribution < -0.4 is 10.6 Å². The van der Waals surface area contributed by atoms with Crippen molar-refractivity contribution in [3.8, 4) is 0 Å². The van der Waals surface area contributed by atoms with E-state index < -0.39 is 9.84 Å². The third-order valence-electron chi connectivity index (χ3n) is 2.51. The summed E-state index contributed by atoms with van der Waals surface area (Å²) in [6, 6.07) is 5.11. The van der Waals surface area contributed by atoms with Crippen LogP contribution in [-0.2, 0) is 9.84 Å². The molecule has 0 radical (unpaired) electrons. The van der Waals surface area contributed by atoms with Gasteiger partial charge in [-0.1, -0.05) is 15.9 Å². The average Bonchev–Trinajstić information content (AvgIpc) is 2.15. The van der Waals surface area contributed by atoms with E-state index in [9.17, 15) is 8.42 Å². The zero-order chi connectivity index (χ0) is 11.8. The summed E-state index contributed by atoms with van der Waals surface area (Å²) in [4.78, 5) is 0.392. The van der Waals surface area contributed by atoms with Gasteiger partial charge in [0.05, 0.1) is 22.4 Å². The van der Waals surface area contributed by atoms with Crippen LogP contribution in [0.3, 0.4) is 0 Å². The molecule has 88 valence electrons. The quantitative estimate of drug-likeness (QED) is 0.863. The van der Waals surface area contributed by atoms with Gasteiger partial charge in [0.25, 0.3) is 0 Å². The zero-order valence-corrected chi connectivity index (χ0v) is 11.2. The van der Waals surface area contributed by atoms with Crippen LogP contribution in [0, 0.1) is 0 Å². The summed E-state index contributed by atoms with van der Waals surface area (Å²) in [6.45, 7) is 0.630. The van der Waals surface area contributed by atoms with E-state index in [4.69, 9.17) is 0 Å². The second kappa shape index (κ2) is 4.35. The predicted octanol–water partition coefficient (Wildman–Crippen LogP) is 1.24. The topological polar surface area (TPSA) is 58.2 Å². The Labute approximate surface area is 103 Å². The number of nitrogens with one attached hydrogen (secondary N) is 2. The number of sulfone groups is 1. The van der Waals surface area contributed by atoms with Crippen LogP contribution in [0.15, 0.2) is 27.6 Å². The molecule has 0 spiro atoms. The molecule has 6 heteroatoms. The molecule has 1 heterocycles. The standard InChI is InChI=1S/C10H13BrN2O2S/c1-12-5-8-6-16(14,15)10-3-2-7(11)4-9(10)13-8/h2-4,8,12-13H,5-6H2,1H3. The Hall–Kier alpha value is -0.590. The van der Waals surface area contributed by atoms with Crippen molar-refractivity contribution in [1.82, 2.24) is 5.32 Å². The monoisotopic (exact) mass is 304 g/mol. The molecule has 1 atom stereocenters. The molecule has 0 saturated carbocycles. The third kappa shape index (κ3) is 2.23. The van der Waals surface area contributed by atoms with Crippen molar-refractivity contribution in [3.63, 3.8) is 0 Å². The highest BCUT2D eigenvalue weighted by atomic mass is 79.9. The normalized spacial score (nSPS) is 22.2. The highest BCUT2D eigenvalue weighted by Gasteiger charge is 2.29. The molecule has 0 fully saturated rings. The van der Waals surface area contributed by atoms with Gasteiger partial charge >= 0.3 is 0 Å². The Morgan fingerprint density at radius 3 is 3.00 bits per heavy atom. The smallest absolute Gasteiger partial charge is 0.182 e. The van der Waals surface area contributed by atoms with Crippen molar-refractivity contribution in [2.75, 3.05) is 24.7 Å². The summed E-state index contributed by atoms with van der Waals surface area (Å²) in [7, 11) is -1.34. The van der Waals surface area contributed by atoms with Crippen LogP contribution in [0.2, 0.25) is 0 Å². The number of likely N-dealkylation sites (N-methyl/N-ethyl adjacent to an activating group) is 1. The Bertz CT molecular complexity index is 502. The van der Waals surface area contributed by atoms with E-state index in [1.54, 1.807) is 18.2 Å². The van der Waals surface area contributed by atoms with Gasteiger partial charge in [0.2, 0.25) is 0 Å². The van der Waals surface area contributed by atoms with Crippen molar-refractivity contribution in [3.05, 3.63) is 22.7 Å². The second-order valence-corrected chi connectivity index (χ2v) is 6.74. The Morgan fingerprint density at radius 2 is 2.31 bits per heavy atom. The molecule has 2 N–H and O–H groups in total. The molecule has 16 heavy (non-hydrogen) atoms. The summed E-state index contributed by atoms with van der Waals surface area (Å²) in [5.74, 6) is 0.141. The lowest BCUT2D eigenvalue weighted by molar-refractivity contribution is 0.580. The number of hydrogen-bond acceptors (Lipinski definition) is 4. The van der Waals surface area contributed by atoms with Crippen molar-refractivity contribution in [2.45, 2.75) is 10.9 Å². The molecular formula is C10H13BrN2O2S. The first kappa shape index (κ1) is 11.9. The van der Waals surface area contributed by atoms with Crippen LogP contribution >= 0.6 is 15.9 Å². The van der Waals surface area contributed by atoms with E-state index in [2.05, 4.69) is 26.6 Å². The van der Waals surface area contributed by atoms with Gasteiger partial charge in [0.15, 0.2) is 9.84 Å². The molecule has 0 saturated heterocycles. The van der Waals surface area contributed by atoms with Crippen molar-refractivity contribution >= 4 is 31.5 Å². The molecule has 0 bridgehead atoms. The van der Waals surface area contributed by atoms with E-state index in [0.29, 0.717) is 17.1 Å². The fourth-order valence-electron chi connectivity index (χ4n) is 1.86. The van der Waals surface area contributed by atoms with Gasteiger partial charge in [-0.3, -0.25) is 0 Å². The lowest BCUT2D eigenvalue weighted by Gasteiger charge is -2.26. The van der Waals surface area contributed by atoms with E-state index in [1.165, 1.54) is 0 Å². The van der Waals surface area contributed by atoms with Gasteiger partial charge < -0.3 is 10.6 Å². The summed E-state index contributed by atoms with van der Waals surface area (Å²) < 4.78 is 24.8. The third-order valence-corrected chi connectivity index (χ3v) is 4.87. The lowest BCUT2D eigenvalue weighted by Crippen LogP contribution is -2.40. The minimum Gasteiger partial charge on any atom is -0.379 e. The number of anilines is 1. The van der Waals surface area contributed by atoms with Crippen LogP contribution in [0.4, 0.5) is 5.69 Å². The predicted molar refractivity (Wildman–Crippen MR) is 67.5 cm³/mol. The van der Waals surface area contributed by atoms with Crippen molar-refractivity contribution < 1.29 is 8.42 Å². The molecule has 4 nitrogen and oxygen atoms in total. The molecule has 0 amide bonds. The van der Waals surface area contributed by atoms with E-state index in [1.807, 2.05) is 7.05 Å². The average molecular weight is 305 g/mol. The van der Waals surface area contributed by atoms with Gasteiger partial charge in [-0.15, -0.1) is 0 Å². The molecule has 2 rings (SSSR count). The van der Waals surface area contributed by atoms with Crippen LogP contribution in [0.1, 0.15) is 0 Å². The first-order valence-electron chi connectivity index (χ1n) is 4.96. The van der Waals surface area contributed by atoms with Gasteiger partial charge in [0.1, 0.15) is 0 Å². The second-order valence-electron chi connectivity index (χ2n) is 3.82. The van der Waals surface area contributed by atoms with E-state index in [0.717, 1.165) is 4.47 Å². The Balaban J connectivity index is 2.44. The van der Waals surface area contributed by atoms with Gasteiger partial charge in [-0.05, 0) is 25.2 Å².